The number of aryl methyl sites for hydroxylation is 1. The summed E-state index contributed by atoms with van der Waals surface area (Å²) in [5.41, 5.74) is 3.22. The lowest BCUT2D eigenvalue weighted by atomic mass is 10.1. The fourth-order valence-corrected chi connectivity index (χ4v) is 1.88. The van der Waals surface area contributed by atoms with E-state index >= 15 is 0 Å². The third kappa shape index (κ3) is 3.83. The van der Waals surface area contributed by atoms with Crippen molar-refractivity contribution in [1.29, 1.82) is 0 Å². The molecule has 2 rings (SSSR count). The van der Waals surface area contributed by atoms with Crippen LogP contribution in [0, 0.1) is 6.92 Å². The lowest BCUT2D eigenvalue weighted by molar-refractivity contribution is 0.151. The van der Waals surface area contributed by atoms with E-state index in [4.69, 9.17) is 0 Å². The van der Waals surface area contributed by atoms with E-state index in [9.17, 15) is 8.78 Å². The summed E-state index contributed by atoms with van der Waals surface area (Å²) in [5.74, 6) is 0. The van der Waals surface area contributed by atoms with E-state index in [0.717, 1.165) is 11.1 Å². The van der Waals surface area contributed by atoms with Crippen LogP contribution in [-0.2, 0) is 13.1 Å². The average Bonchev–Trinajstić information content (AvgIpc) is 2.41. The number of hydrogen-bond donors (Lipinski definition) is 1. The highest BCUT2D eigenvalue weighted by atomic mass is 19.3. The number of halogens is 2. The number of nitrogens with zero attached hydrogens (tertiary/aromatic N) is 1. The highest BCUT2D eigenvalue weighted by Crippen LogP contribution is 2.19. The average molecular weight is 262 g/mol. The van der Waals surface area contributed by atoms with Gasteiger partial charge in [-0.2, -0.15) is 0 Å². The lowest BCUT2D eigenvalue weighted by Crippen LogP contribution is -2.13. The normalized spacial score (nSPS) is 10.9. The Morgan fingerprint density at radius 1 is 1.21 bits per heavy atom. The summed E-state index contributed by atoms with van der Waals surface area (Å²) in [7, 11) is 0. The highest BCUT2D eigenvalue weighted by molar-refractivity contribution is 5.25. The van der Waals surface area contributed by atoms with Gasteiger partial charge in [0.25, 0.3) is 6.43 Å². The molecular weight excluding hydrogens is 246 g/mol. The van der Waals surface area contributed by atoms with Gasteiger partial charge in [-0.3, -0.25) is 4.98 Å². The molecule has 0 aliphatic carbocycles. The predicted octanol–water partition coefficient (Wildman–Crippen LogP) is 3.62. The topological polar surface area (TPSA) is 24.9 Å². The molecule has 2 nitrogen and oxygen atoms in total. The van der Waals surface area contributed by atoms with Crippen LogP contribution in [0.15, 0.2) is 42.7 Å². The van der Waals surface area contributed by atoms with E-state index in [1.165, 1.54) is 17.7 Å². The third-order valence-corrected chi connectivity index (χ3v) is 2.98. The smallest absolute Gasteiger partial charge is 0.263 e. The van der Waals surface area contributed by atoms with Crippen molar-refractivity contribution < 1.29 is 8.78 Å². The van der Waals surface area contributed by atoms with Crippen molar-refractivity contribution in [3.63, 3.8) is 0 Å². The maximum Gasteiger partial charge on any atom is 0.263 e. The van der Waals surface area contributed by atoms with E-state index in [0.29, 0.717) is 13.1 Å². The second-order valence-corrected chi connectivity index (χ2v) is 4.45. The minimum Gasteiger partial charge on any atom is -0.309 e. The summed E-state index contributed by atoms with van der Waals surface area (Å²) < 4.78 is 25.1. The van der Waals surface area contributed by atoms with Crippen LogP contribution in [0.1, 0.15) is 28.7 Å². The van der Waals surface area contributed by atoms with E-state index in [1.807, 2.05) is 25.3 Å². The number of rotatable bonds is 5. The van der Waals surface area contributed by atoms with Gasteiger partial charge in [0.05, 0.1) is 0 Å². The summed E-state index contributed by atoms with van der Waals surface area (Å²) in [5, 5.41) is 3.25. The number of aromatic nitrogens is 1. The van der Waals surface area contributed by atoms with Crippen LogP contribution in [0.4, 0.5) is 8.78 Å². The number of hydrogen-bond acceptors (Lipinski definition) is 2. The quantitative estimate of drug-likeness (QED) is 0.890. The fraction of sp³-hybridized carbons (Fsp3) is 0.267. The molecule has 0 saturated heterocycles. The van der Waals surface area contributed by atoms with Gasteiger partial charge in [-0.05, 0) is 35.7 Å². The Hall–Kier alpha value is -1.81. The van der Waals surface area contributed by atoms with Crippen LogP contribution in [-0.4, -0.2) is 4.98 Å². The molecule has 1 N–H and O–H groups in total. The second-order valence-electron chi connectivity index (χ2n) is 4.45. The molecule has 0 aliphatic heterocycles. The van der Waals surface area contributed by atoms with Gasteiger partial charge in [0.2, 0.25) is 0 Å². The molecule has 100 valence electrons. The summed E-state index contributed by atoms with van der Waals surface area (Å²) in [6.45, 7) is 3.27. The van der Waals surface area contributed by atoms with Gasteiger partial charge in [0, 0.05) is 31.0 Å². The Morgan fingerprint density at radius 3 is 2.79 bits per heavy atom. The van der Waals surface area contributed by atoms with Gasteiger partial charge in [0.15, 0.2) is 0 Å². The Balaban J connectivity index is 1.93. The summed E-state index contributed by atoms with van der Waals surface area (Å²) in [4.78, 5) is 4.03. The molecule has 2 aromatic rings. The van der Waals surface area contributed by atoms with Crippen LogP contribution < -0.4 is 5.32 Å². The molecule has 0 radical (unpaired) electrons. The van der Waals surface area contributed by atoms with Crippen molar-refractivity contribution in [2.75, 3.05) is 0 Å². The van der Waals surface area contributed by atoms with Crippen LogP contribution in [0.3, 0.4) is 0 Å². The molecule has 0 amide bonds. The van der Waals surface area contributed by atoms with Gasteiger partial charge in [0.1, 0.15) is 0 Å². The maximum atomic E-state index is 12.6. The molecule has 0 aliphatic rings. The minimum absolute atomic E-state index is 0.0689. The zero-order chi connectivity index (χ0) is 13.7. The molecule has 0 saturated carbocycles. The fourth-order valence-electron chi connectivity index (χ4n) is 1.88. The first-order chi connectivity index (χ1) is 9.16. The van der Waals surface area contributed by atoms with Crippen LogP contribution >= 0.6 is 0 Å². The van der Waals surface area contributed by atoms with Crippen LogP contribution in [0.25, 0.3) is 0 Å². The predicted molar refractivity (Wildman–Crippen MR) is 70.9 cm³/mol. The number of benzene rings is 1. The van der Waals surface area contributed by atoms with Crippen molar-refractivity contribution in [2.24, 2.45) is 0 Å². The van der Waals surface area contributed by atoms with Crippen molar-refractivity contribution in [1.82, 2.24) is 10.3 Å². The van der Waals surface area contributed by atoms with Crippen molar-refractivity contribution in [3.8, 4) is 0 Å². The van der Waals surface area contributed by atoms with Crippen molar-refractivity contribution in [3.05, 3.63) is 65.0 Å². The number of pyridine rings is 1. The molecule has 0 spiro atoms. The van der Waals surface area contributed by atoms with Gasteiger partial charge in [-0.25, -0.2) is 8.78 Å². The van der Waals surface area contributed by atoms with E-state index in [2.05, 4.69) is 10.3 Å². The van der Waals surface area contributed by atoms with Crippen molar-refractivity contribution in [2.45, 2.75) is 26.4 Å². The summed E-state index contributed by atoms with van der Waals surface area (Å²) >= 11 is 0. The molecule has 0 fully saturated rings. The maximum absolute atomic E-state index is 12.6. The third-order valence-electron chi connectivity index (χ3n) is 2.98. The molecule has 19 heavy (non-hydrogen) atoms. The van der Waals surface area contributed by atoms with Gasteiger partial charge >= 0.3 is 0 Å². The van der Waals surface area contributed by atoms with E-state index in [1.54, 1.807) is 12.3 Å². The molecule has 0 unspecified atom stereocenters. The second kappa shape index (κ2) is 6.38. The largest absolute Gasteiger partial charge is 0.309 e. The highest BCUT2D eigenvalue weighted by Gasteiger charge is 2.06. The molecule has 0 atom stereocenters. The lowest BCUT2D eigenvalue weighted by Gasteiger charge is -2.08. The first kappa shape index (κ1) is 13.6. The van der Waals surface area contributed by atoms with Gasteiger partial charge in [-0.1, -0.05) is 18.2 Å². The number of alkyl halides is 2. The Morgan fingerprint density at radius 2 is 2.05 bits per heavy atom. The molecular formula is C15H16F2N2. The number of nitrogens with one attached hydrogen (secondary N) is 1. The zero-order valence-electron chi connectivity index (χ0n) is 10.7. The molecule has 4 heteroatoms. The summed E-state index contributed by atoms with van der Waals surface area (Å²) in [6, 6.07) is 8.45. The SMILES string of the molecule is Cc1cnccc1CNCc1cccc(C(F)F)c1. The van der Waals surface area contributed by atoms with Crippen molar-refractivity contribution >= 4 is 0 Å². The monoisotopic (exact) mass is 262 g/mol. The zero-order valence-corrected chi connectivity index (χ0v) is 10.7. The summed E-state index contributed by atoms with van der Waals surface area (Å²) in [6.07, 6.45) is 1.15. The molecule has 1 aromatic heterocycles. The Labute approximate surface area is 111 Å². The molecule has 1 heterocycles. The minimum atomic E-state index is -2.41. The standard InChI is InChI=1S/C15H16F2N2/c1-11-8-18-6-5-14(11)10-19-9-12-3-2-4-13(7-12)15(16)17/h2-8,15,19H,9-10H2,1H3. The van der Waals surface area contributed by atoms with Gasteiger partial charge in [-0.15, -0.1) is 0 Å². The van der Waals surface area contributed by atoms with E-state index < -0.39 is 6.43 Å². The first-order valence-electron chi connectivity index (χ1n) is 6.14. The molecule has 1 aromatic carbocycles. The van der Waals surface area contributed by atoms with Crippen LogP contribution in [0.5, 0.6) is 0 Å². The van der Waals surface area contributed by atoms with Crippen LogP contribution in [0.2, 0.25) is 0 Å². The van der Waals surface area contributed by atoms with Gasteiger partial charge < -0.3 is 5.32 Å². The molecule has 0 bridgehead atoms. The Kier molecular flexibility index (Phi) is 4.58. The first-order valence-corrected chi connectivity index (χ1v) is 6.14. The Bertz CT molecular complexity index is 541. The van der Waals surface area contributed by atoms with E-state index in [-0.39, 0.29) is 5.56 Å².